The number of benzene rings is 1. The van der Waals surface area contributed by atoms with Gasteiger partial charge in [0, 0.05) is 49.4 Å². The van der Waals surface area contributed by atoms with E-state index in [1.807, 2.05) is 0 Å². The molecule has 3 aromatic rings. The van der Waals surface area contributed by atoms with Gasteiger partial charge in [-0.1, -0.05) is 12.1 Å². The van der Waals surface area contributed by atoms with Gasteiger partial charge < -0.3 is 14.8 Å². The van der Waals surface area contributed by atoms with Crippen LogP contribution in [0.25, 0.3) is 10.6 Å². The number of halogens is 1. The van der Waals surface area contributed by atoms with E-state index in [0.717, 1.165) is 0 Å². The Bertz CT molecular complexity index is 1100. The van der Waals surface area contributed by atoms with Gasteiger partial charge in [0.15, 0.2) is 0 Å². The van der Waals surface area contributed by atoms with Crippen molar-refractivity contribution in [3.63, 3.8) is 0 Å². The summed E-state index contributed by atoms with van der Waals surface area (Å²) in [4.78, 5) is 46.4. The van der Waals surface area contributed by atoms with E-state index in [-0.39, 0.29) is 28.9 Å². The van der Waals surface area contributed by atoms with Crippen LogP contribution in [0.2, 0.25) is 0 Å². The number of carbonyl (C=O) groups excluding carboxylic acids is 2. The molecule has 0 atom stereocenters. The summed E-state index contributed by atoms with van der Waals surface area (Å²) in [6.45, 7) is 1.52. The van der Waals surface area contributed by atoms with Crippen LogP contribution in [0.3, 0.4) is 0 Å². The molecule has 0 bridgehead atoms. The lowest BCUT2D eigenvalue weighted by Gasteiger charge is -2.34. The first kappa shape index (κ1) is 19.0. The molecule has 7 nitrogen and oxygen atoms in total. The molecular weight excluding hydrogens is 395 g/mol. The molecule has 29 heavy (non-hydrogen) atoms. The van der Waals surface area contributed by atoms with Crippen molar-refractivity contribution in [1.82, 2.24) is 19.8 Å². The Morgan fingerprint density at radius 1 is 1.00 bits per heavy atom. The van der Waals surface area contributed by atoms with Crippen molar-refractivity contribution in [2.45, 2.75) is 0 Å². The number of aromatic nitrogens is 2. The number of thiazole rings is 1. The number of amides is 2. The monoisotopic (exact) mass is 412 g/mol. The molecule has 0 radical (unpaired) electrons. The number of hydrogen-bond donors (Lipinski definition) is 1. The molecule has 4 rings (SSSR count). The summed E-state index contributed by atoms with van der Waals surface area (Å²) in [6, 6.07) is 9.10. The number of rotatable bonds is 3. The average molecular weight is 412 g/mol. The zero-order chi connectivity index (χ0) is 20.4. The van der Waals surface area contributed by atoms with E-state index >= 15 is 0 Å². The number of aromatic amines is 1. The number of piperazine rings is 1. The lowest BCUT2D eigenvalue weighted by molar-refractivity contribution is 0.0532. The predicted molar refractivity (Wildman–Crippen MR) is 106 cm³/mol. The average Bonchev–Trinajstić information content (AvgIpc) is 3.24. The Kier molecular flexibility index (Phi) is 5.22. The minimum Gasteiger partial charge on any atom is -0.335 e. The summed E-state index contributed by atoms with van der Waals surface area (Å²) in [6.07, 6.45) is 1.39. The van der Waals surface area contributed by atoms with Crippen molar-refractivity contribution in [2.24, 2.45) is 0 Å². The van der Waals surface area contributed by atoms with Crippen LogP contribution >= 0.6 is 11.3 Å². The first-order valence-corrected chi connectivity index (χ1v) is 9.88. The molecule has 1 saturated heterocycles. The molecule has 9 heteroatoms. The minimum absolute atomic E-state index is 0.191. The van der Waals surface area contributed by atoms with Gasteiger partial charge in [-0.15, -0.1) is 11.3 Å². The first-order valence-electron chi connectivity index (χ1n) is 9.00. The molecule has 148 valence electrons. The highest BCUT2D eigenvalue weighted by Crippen LogP contribution is 2.26. The Morgan fingerprint density at radius 2 is 1.69 bits per heavy atom. The van der Waals surface area contributed by atoms with Crippen LogP contribution in [-0.4, -0.2) is 57.8 Å². The van der Waals surface area contributed by atoms with Crippen molar-refractivity contribution in [2.75, 3.05) is 26.2 Å². The van der Waals surface area contributed by atoms with Crippen LogP contribution in [0.4, 0.5) is 4.39 Å². The maximum absolute atomic E-state index is 13.9. The second kappa shape index (κ2) is 7.96. The molecule has 1 fully saturated rings. The molecular formula is C20H17FN4O3S. The Balaban J connectivity index is 1.41. The number of pyridine rings is 1. The van der Waals surface area contributed by atoms with Crippen LogP contribution in [0.1, 0.15) is 20.8 Å². The topological polar surface area (TPSA) is 86.4 Å². The van der Waals surface area contributed by atoms with Gasteiger partial charge in [0.1, 0.15) is 16.5 Å². The number of hydrogen-bond acceptors (Lipinski definition) is 5. The van der Waals surface area contributed by atoms with E-state index in [1.165, 1.54) is 35.7 Å². The SMILES string of the molecule is O=C(c1ccc(=O)[nH]c1)N1CCN(C(=O)c2csc(-c3ccccc3F)n2)CC1. The number of nitrogens with zero attached hydrogens (tertiary/aromatic N) is 3. The highest BCUT2D eigenvalue weighted by atomic mass is 32.1. The van der Waals surface area contributed by atoms with Crippen LogP contribution in [0, 0.1) is 5.82 Å². The molecule has 0 aliphatic carbocycles. The smallest absolute Gasteiger partial charge is 0.273 e. The van der Waals surface area contributed by atoms with Crippen molar-refractivity contribution < 1.29 is 14.0 Å². The molecule has 2 amide bonds. The lowest BCUT2D eigenvalue weighted by atomic mass is 10.2. The highest BCUT2D eigenvalue weighted by molar-refractivity contribution is 7.13. The quantitative estimate of drug-likeness (QED) is 0.715. The summed E-state index contributed by atoms with van der Waals surface area (Å²) in [5.74, 6) is -0.806. The Hall–Kier alpha value is -3.33. The fourth-order valence-corrected chi connectivity index (χ4v) is 3.95. The van der Waals surface area contributed by atoms with E-state index in [9.17, 15) is 18.8 Å². The third kappa shape index (κ3) is 3.95. The van der Waals surface area contributed by atoms with Gasteiger partial charge in [-0.3, -0.25) is 14.4 Å². The summed E-state index contributed by atoms with van der Waals surface area (Å²) >= 11 is 1.22. The molecule has 0 spiro atoms. The van der Waals surface area contributed by atoms with Crippen molar-refractivity contribution in [3.05, 3.63) is 75.4 Å². The van der Waals surface area contributed by atoms with Gasteiger partial charge in [-0.25, -0.2) is 9.37 Å². The minimum atomic E-state index is -0.379. The summed E-state index contributed by atoms with van der Waals surface area (Å²) in [7, 11) is 0. The van der Waals surface area contributed by atoms with Crippen molar-refractivity contribution in [1.29, 1.82) is 0 Å². The molecule has 0 unspecified atom stereocenters. The van der Waals surface area contributed by atoms with E-state index in [2.05, 4.69) is 9.97 Å². The fraction of sp³-hybridized carbons (Fsp3) is 0.200. The summed E-state index contributed by atoms with van der Waals surface area (Å²) in [5.41, 5.74) is 0.773. The van der Waals surface area contributed by atoms with E-state index < -0.39 is 0 Å². The summed E-state index contributed by atoms with van der Waals surface area (Å²) in [5, 5.41) is 2.08. The zero-order valence-electron chi connectivity index (χ0n) is 15.3. The number of carbonyl (C=O) groups is 2. The summed E-state index contributed by atoms with van der Waals surface area (Å²) < 4.78 is 13.9. The number of H-pyrrole nitrogens is 1. The highest BCUT2D eigenvalue weighted by Gasteiger charge is 2.27. The molecule has 1 aliphatic heterocycles. The van der Waals surface area contributed by atoms with Crippen LogP contribution in [0.5, 0.6) is 0 Å². The third-order valence-corrected chi connectivity index (χ3v) is 5.59. The van der Waals surface area contributed by atoms with Gasteiger partial charge in [0.05, 0.1) is 5.56 Å². The third-order valence-electron chi connectivity index (χ3n) is 4.71. The normalized spacial score (nSPS) is 14.1. The molecule has 2 aromatic heterocycles. The van der Waals surface area contributed by atoms with Crippen molar-refractivity contribution >= 4 is 23.2 Å². The first-order chi connectivity index (χ1) is 14.0. The standard InChI is InChI=1S/C20H17FN4O3S/c21-15-4-2-1-3-14(15)18-23-16(12-29-18)20(28)25-9-7-24(8-10-25)19(27)13-5-6-17(26)22-11-13/h1-6,11-12H,7-10H2,(H,22,26). The Morgan fingerprint density at radius 3 is 2.34 bits per heavy atom. The van der Waals surface area contributed by atoms with Gasteiger partial charge in [0.25, 0.3) is 11.8 Å². The molecule has 1 N–H and O–H groups in total. The van der Waals surface area contributed by atoms with Crippen LogP contribution in [0.15, 0.2) is 52.8 Å². The van der Waals surface area contributed by atoms with Gasteiger partial charge in [-0.2, -0.15) is 0 Å². The predicted octanol–water partition coefficient (Wildman–Crippen LogP) is 2.24. The second-order valence-corrected chi connectivity index (χ2v) is 7.40. The number of nitrogens with one attached hydrogen (secondary N) is 1. The Labute approximate surface area is 169 Å². The second-order valence-electron chi connectivity index (χ2n) is 6.54. The maximum atomic E-state index is 13.9. The molecule has 1 aliphatic rings. The molecule has 0 saturated carbocycles. The fourth-order valence-electron chi connectivity index (χ4n) is 3.13. The van der Waals surface area contributed by atoms with Crippen LogP contribution < -0.4 is 5.56 Å². The largest absolute Gasteiger partial charge is 0.335 e. The van der Waals surface area contributed by atoms with Gasteiger partial charge in [0.2, 0.25) is 5.56 Å². The van der Waals surface area contributed by atoms with E-state index in [1.54, 1.807) is 33.4 Å². The maximum Gasteiger partial charge on any atom is 0.273 e. The molecule has 3 heterocycles. The molecule has 1 aromatic carbocycles. The van der Waals surface area contributed by atoms with Gasteiger partial charge >= 0.3 is 0 Å². The van der Waals surface area contributed by atoms with Crippen molar-refractivity contribution in [3.8, 4) is 10.6 Å². The zero-order valence-corrected chi connectivity index (χ0v) is 16.1. The van der Waals surface area contributed by atoms with E-state index in [4.69, 9.17) is 0 Å². The van der Waals surface area contributed by atoms with Gasteiger partial charge in [-0.05, 0) is 18.2 Å². The van der Waals surface area contributed by atoms with Crippen LogP contribution in [-0.2, 0) is 0 Å². The van der Waals surface area contributed by atoms with E-state index in [0.29, 0.717) is 42.3 Å². The lowest BCUT2D eigenvalue weighted by Crippen LogP contribution is -2.50.